The van der Waals surface area contributed by atoms with Gasteiger partial charge in [-0.25, -0.2) is 0 Å². The number of nitrogens with zero attached hydrogens (tertiary/aromatic N) is 1. The number of nitrogens with one attached hydrogen (secondary N) is 1. The summed E-state index contributed by atoms with van der Waals surface area (Å²) in [6.45, 7) is 0.147. The molecule has 0 spiro atoms. The van der Waals surface area contributed by atoms with Gasteiger partial charge in [-0.05, 0) is 11.4 Å². The van der Waals surface area contributed by atoms with Crippen molar-refractivity contribution in [2.24, 2.45) is 0 Å². The lowest BCUT2D eigenvalue weighted by atomic mass is 10.2. The normalized spacial score (nSPS) is 10.0. The van der Waals surface area contributed by atoms with Gasteiger partial charge in [0.1, 0.15) is 0 Å². The van der Waals surface area contributed by atoms with Gasteiger partial charge in [-0.15, -0.1) is 11.3 Å². The van der Waals surface area contributed by atoms with E-state index in [-0.39, 0.29) is 18.1 Å². The number of thiophene rings is 1. The highest BCUT2D eigenvalue weighted by Crippen LogP contribution is 2.17. The van der Waals surface area contributed by atoms with E-state index in [1.165, 1.54) is 17.4 Å². The van der Waals surface area contributed by atoms with Crippen molar-refractivity contribution in [3.05, 3.63) is 62.3 Å². The van der Waals surface area contributed by atoms with Gasteiger partial charge in [-0.1, -0.05) is 24.3 Å². The molecule has 1 amide bonds. The van der Waals surface area contributed by atoms with E-state index in [0.717, 1.165) is 0 Å². The van der Waals surface area contributed by atoms with Crippen LogP contribution in [0.3, 0.4) is 0 Å². The summed E-state index contributed by atoms with van der Waals surface area (Å²) in [5, 5.41) is 15.3. The first-order valence-electron chi connectivity index (χ1n) is 5.22. The molecule has 0 unspecified atom stereocenters. The number of benzene rings is 1. The lowest BCUT2D eigenvalue weighted by molar-refractivity contribution is -0.385. The van der Waals surface area contributed by atoms with Crippen molar-refractivity contribution in [2.45, 2.75) is 6.54 Å². The van der Waals surface area contributed by atoms with Gasteiger partial charge in [-0.3, -0.25) is 14.9 Å². The largest absolute Gasteiger partial charge is 0.347 e. The molecule has 0 saturated heterocycles. The number of rotatable bonds is 4. The Morgan fingerprint density at radius 2 is 2.06 bits per heavy atom. The molecular formula is C12H10N2O3S. The van der Waals surface area contributed by atoms with Crippen molar-refractivity contribution < 1.29 is 9.72 Å². The van der Waals surface area contributed by atoms with E-state index >= 15 is 0 Å². The molecule has 1 aromatic carbocycles. The van der Waals surface area contributed by atoms with Crippen LogP contribution < -0.4 is 5.32 Å². The number of para-hydroxylation sites is 1. The second kappa shape index (κ2) is 5.42. The number of nitro benzene ring substituents is 1. The van der Waals surface area contributed by atoms with Gasteiger partial charge in [-0.2, -0.15) is 0 Å². The van der Waals surface area contributed by atoms with Crippen LogP contribution in [0.1, 0.15) is 15.2 Å². The average Bonchev–Trinajstić information content (AvgIpc) is 2.90. The van der Waals surface area contributed by atoms with Crippen LogP contribution in [-0.4, -0.2) is 10.8 Å². The maximum absolute atomic E-state index is 11.7. The van der Waals surface area contributed by atoms with Crippen molar-refractivity contribution in [1.29, 1.82) is 0 Å². The van der Waals surface area contributed by atoms with Crippen molar-refractivity contribution in [3.63, 3.8) is 0 Å². The minimum atomic E-state index is -0.452. The standard InChI is InChI=1S/C12H10N2O3S/c15-12(11-6-3-7-18-11)13-8-9-4-1-2-5-10(9)14(16)17/h1-7H,8H2,(H,13,15). The molecule has 1 N–H and O–H groups in total. The van der Waals surface area contributed by atoms with Crippen LogP contribution >= 0.6 is 11.3 Å². The van der Waals surface area contributed by atoms with E-state index < -0.39 is 4.92 Å². The van der Waals surface area contributed by atoms with Crippen molar-refractivity contribution >= 4 is 22.9 Å². The fraction of sp³-hybridized carbons (Fsp3) is 0.0833. The fourth-order valence-electron chi connectivity index (χ4n) is 1.51. The van der Waals surface area contributed by atoms with E-state index in [1.54, 1.807) is 35.7 Å². The lowest BCUT2D eigenvalue weighted by Gasteiger charge is -2.04. The molecule has 0 aliphatic carbocycles. The number of hydrogen-bond acceptors (Lipinski definition) is 4. The Hall–Kier alpha value is -2.21. The molecule has 0 atom stereocenters. The third-order valence-corrected chi connectivity index (χ3v) is 3.24. The zero-order valence-corrected chi connectivity index (χ0v) is 10.1. The van der Waals surface area contributed by atoms with Gasteiger partial charge in [0.2, 0.25) is 0 Å². The van der Waals surface area contributed by atoms with Crippen LogP contribution in [0.5, 0.6) is 0 Å². The minimum Gasteiger partial charge on any atom is -0.347 e. The lowest BCUT2D eigenvalue weighted by Crippen LogP contribution is -2.22. The highest BCUT2D eigenvalue weighted by molar-refractivity contribution is 7.12. The molecule has 2 rings (SSSR count). The maximum Gasteiger partial charge on any atom is 0.274 e. The molecule has 2 aromatic rings. The highest BCUT2D eigenvalue weighted by atomic mass is 32.1. The van der Waals surface area contributed by atoms with Crippen molar-refractivity contribution in [2.75, 3.05) is 0 Å². The summed E-state index contributed by atoms with van der Waals surface area (Å²) in [7, 11) is 0. The number of carbonyl (C=O) groups is 1. The molecule has 92 valence electrons. The summed E-state index contributed by atoms with van der Waals surface area (Å²) in [6.07, 6.45) is 0. The summed E-state index contributed by atoms with van der Waals surface area (Å²) in [5.74, 6) is -0.219. The number of hydrogen-bond donors (Lipinski definition) is 1. The van der Waals surface area contributed by atoms with E-state index in [9.17, 15) is 14.9 Å². The van der Waals surface area contributed by atoms with E-state index in [4.69, 9.17) is 0 Å². The summed E-state index contributed by atoms with van der Waals surface area (Å²) in [6, 6.07) is 9.85. The first-order valence-corrected chi connectivity index (χ1v) is 6.10. The number of amides is 1. The predicted molar refractivity (Wildman–Crippen MR) is 68.6 cm³/mol. The Labute approximate surface area is 107 Å². The number of nitro groups is 1. The molecule has 0 radical (unpaired) electrons. The van der Waals surface area contributed by atoms with Crippen LogP contribution in [0, 0.1) is 10.1 Å². The van der Waals surface area contributed by atoms with Crippen molar-refractivity contribution in [3.8, 4) is 0 Å². The Balaban J connectivity index is 2.07. The van der Waals surface area contributed by atoms with E-state index in [1.807, 2.05) is 0 Å². The van der Waals surface area contributed by atoms with Gasteiger partial charge in [0.05, 0.1) is 9.80 Å². The van der Waals surface area contributed by atoms with E-state index in [2.05, 4.69) is 5.32 Å². The summed E-state index contributed by atoms with van der Waals surface area (Å²) >= 11 is 1.33. The van der Waals surface area contributed by atoms with Gasteiger partial charge in [0.15, 0.2) is 0 Å². The highest BCUT2D eigenvalue weighted by Gasteiger charge is 2.13. The molecule has 6 heteroatoms. The molecule has 0 bridgehead atoms. The van der Waals surface area contributed by atoms with Crippen LogP contribution in [-0.2, 0) is 6.54 Å². The molecule has 0 fully saturated rings. The Bertz CT molecular complexity index is 566. The smallest absolute Gasteiger partial charge is 0.274 e. The average molecular weight is 262 g/mol. The summed E-state index contributed by atoms with van der Waals surface area (Å²) < 4.78 is 0. The molecule has 0 aliphatic rings. The monoisotopic (exact) mass is 262 g/mol. The number of carbonyl (C=O) groups excluding carboxylic acids is 1. The Morgan fingerprint density at radius 1 is 1.28 bits per heavy atom. The van der Waals surface area contributed by atoms with Gasteiger partial charge in [0, 0.05) is 18.2 Å². The van der Waals surface area contributed by atoms with Crippen LogP contribution in [0.2, 0.25) is 0 Å². The molecule has 0 saturated carbocycles. The second-order valence-corrected chi connectivity index (χ2v) is 4.49. The quantitative estimate of drug-likeness (QED) is 0.680. The van der Waals surface area contributed by atoms with Crippen LogP contribution in [0.4, 0.5) is 5.69 Å². The first-order chi connectivity index (χ1) is 8.68. The third-order valence-electron chi connectivity index (χ3n) is 2.37. The predicted octanol–water partition coefficient (Wildman–Crippen LogP) is 2.59. The summed E-state index contributed by atoms with van der Waals surface area (Å²) in [5.41, 5.74) is 0.511. The fourth-order valence-corrected chi connectivity index (χ4v) is 2.15. The second-order valence-electron chi connectivity index (χ2n) is 3.55. The maximum atomic E-state index is 11.7. The zero-order valence-electron chi connectivity index (χ0n) is 9.33. The van der Waals surface area contributed by atoms with Gasteiger partial charge < -0.3 is 5.32 Å². The third kappa shape index (κ3) is 2.72. The SMILES string of the molecule is O=C(NCc1ccccc1[N+](=O)[O-])c1cccs1. The molecule has 18 heavy (non-hydrogen) atoms. The molecule has 5 nitrogen and oxygen atoms in total. The molecule has 0 aliphatic heterocycles. The molecular weight excluding hydrogens is 252 g/mol. The molecule has 1 aromatic heterocycles. The Kier molecular flexibility index (Phi) is 3.69. The Morgan fingerprint density at radius 3 is 2.72 bits per heavy atom. The molecule has 1 heterocycles. The zero-order chi connectivity index (χ0) is 13.0. The first kappa shape index (κ1) is 12.3. The van der Waals surface area contributed by atoms with Gasteiger partial charge >= 0.3 is 0 Å². The minimum absolute atomic E-state index is 0.0176. The van der Waals surface area contributed by atoms with Crippen molar-refractivity contribution in [1.82, 2.24) is 5.32 Å². The van der Waals surface area contributed by atoms with E-state index in [0.29, 0.717) is 10.4 Å². The topological polar surface area (TPSA) is 72.2 Å². The van der Waals surface area contributed by atoms with Gasteiger partial charge in [0.25, 0.3) is 11.6 Å². The summed E-state index contributed by atoms with van der Waals surface area (Å²) in [4.78, 5) is 22.6. The van der Waals surface area contributed by atoms with Crippen LogP contribution in [0.15, 0.2) is 41.8 Å². The van der Waals surface area contributed by atoms with Crippen LogP contribution in [0.25, 0.3) is 0 Å².